The van der Waals surface area contributed by atoms with Gasteiger partial charge in [-0.25, -0.2) is 8.78 Å². The van der Waals surface area contributed by atoms with Gasteiger partial charge in [0.05, 0.1) is 11.8 Å². The first-order chi connectivity index (χ1) is 10.6. The minimum absolute atomic E-state index is 0.0107. The molecular formula is C15H27F2NO4S. The topological polar surface area (TPSA) is 74.7 Å². The lowest BCUT2D eigenvalue weighted by Crippen LogP contribution is -2.37. The highest BCUT2D eigenvalue weighted by Gasteiger charge is 2.41. The lowest BCUT2D eigenvalue weighted by atomic mass is 10.00. The number of nitrogens with zero attached hydrogens (tertiary/aromatic N) is 1. The van der Waals surface area contributed by atoms with Crippen LogP contribution in [0.5, 0.6) is 0 Å². The highest BCUT2D eigenvalue weighted by Crippen LogP contribution is 2.29. The predicted molar refractivity (Wildman–Crippen MR) is 84.0 cm³/mol. The molecule has 1 aliphatic heterocycles. The molecule has 1 N–H and O–H groups in total. The van der Waals surface area contributed by atoms with Crippen LogP contribution in [0.15, 0.2) is 0 Å². The lowest BCUT2D eigenvalue weighted by Gasteiger charge is -2.23. The summed E-state index contributed by atoms with van der Waals surface area (Å²) in [5.74, 6) is -4.04. The second-order valence-electron chi connectivity index (χ2n) is 6.49. The molecule has 0 aliphatic carbocycles. The van der Waals surface area contributed by atoms with E-state index in [1.54, 1.807) is 0 Å². The van der Waals surface area contributed by atoms with Gasteiger partial charge in [-0.05, 0) is 12.8 Å². The van der Waals surface area contributed by atoms with Crippen LogP contribution in [0.25, 0.3) is 0 Å². The zero-order chi connectivity index (χ0) is 17.7. The van der Waals surface area contributed by atoms with E-state index in [0.717, 1.165) is 24.2 Å². The van der Waals surface area contributed by atoms with E-state index in [0.29, 0.717) is 6.42 Å². The molecule has 0 radical (unpaired) electrons. The zero-order valence-corrected chi connectivity index (χ0v) is 14.6. The van der Waals surface area contributed by atoms with Crippen LogP contribution in [-0.4, -0.2) is 48.0 Å². The summed E-state index contributed by atoms with van der Waals surface area (Å²) in [5.41, 5.74) is 0. The van der Waals surface area contributed by atoms with Crippen LogP contribution < -0.4 is 0 Å². The van der Waals surface area contributed by atoms with Crippen LogP contribution in [0.1, 0.15) is 58.8 Å². The summed E-state index contributed by atoms with van der Waals surface area (Å²) >= 11 is 0. The SMILES string of the molecule is CCCCCCC(CC(C)C(=O)N1CCC(F)(F)C1)S(=O)(=O)O. The van der Waals surface area contributed by atoms with E-state index in [-0.39, 0.29) is 25.8 Å². The first-order valence-corrected chi connectivity index (χ1v) is 9.70. The minimum atomic E-state index is -4.25. The first kappa shape index (κ1) is 20.3. The Labute approximate surface area is 137 Å². The van der Waals surface area contributed by atoms with Crippen molar-refractivity contribution in [3.63, 3.8) is 0 Å². The molecule has 1 aliphatic rings. The number of alkyl halides is 2. The number of unbranched alkanes of at least 4 members (excludes halogenated alkanes) is 3. The van der Waals surface area contributed by atoms with Crippen molar-refractivity contribution in [2.45, 2.75) is 70.0 Å². The van der Waals surface area contributed by atoms with Gasteiger partial charge in [0.25, 0.3) is 16.0 Å². The number of likely N-dealkylation sites (tertiary alicyclic amines) is 1. The largest absolute Gasteiger partial charge is 0.336 e. The molecule has 5 nitrogen and oxygen atoms in total. The van der Waals surface area contributed by atoms with Gasteiger partial charge in [-0.1, -0.05) is 39.5 Å². The Morgan fingerprint density at radius 1 is 1.30 bits per heavy atom. The molecule has 1 heterocycles. The number of halogens is 2. The Bertz CT molecular complexity index is 496. The summed E-state index contributed by atoms with van der Waals surface area (Å²) in [6.45, 7) is 2.95. The fourth-order valence-electron chi connectivity index (χ4n) is 2.92. The van der Waals surface area contributed by atoms with Crippen molar-refractivity contribution in [1.29, 1.82) is 0 Å². The average Bonchev–Trinajstić information content (AvgIpc) is 2.80. The number of hydrogen-bond acceptors (Lipinski definition) is 3. The fraction of sp³-hybridized carbons (Fsp3) is 0.933. The van der Waals surface area contributed by atoms with Crippen LogP contribution in [0.3, 0.4) is 0 Å². The van der Waals surface area contributed by atoms with Crippen LogP contribution in [0.4, 0.5) is 8.78 Å². The maximum atomic E-state index is 13.2. The summed E-state index contributed by atoms with van der Waals surface area (Å²) in [4.78, 5) is 13.3. The van der Waals surface area contributed by atoms with Crippen LogP contribution in [0, 0.1) is 5.92 Å². The van der Waals surface area contributed by atoms with E-state index >= 15 is 0 Å². The highest BCUT2D eigenvalue weighted by molar-refractivity contribution is 7.86. The number of rotatable bonds is 9. The molecule has 0 aromatic rings. The molecule has 1 amide bonds. The lowest BCUT2D eigenvalue weighted by molar-refractivity contribution is -0.135. The summed E-state index contributed by atoms with van der Waals surface area (Å²) in [7, 11) is -4.25. The minimum Gasteiger partial charge on any atom is -0.336 e. The molecule has 1 saturated heterocycles. The van der Waals surface area contributed by atoms with Crippen molar-refractivity contribution in [3.8, 4) is 0 Å². The third kappa shape index (κ3) is 6.71. The molecule has 23 heavy (non-hydrogen) atoms. The van der Waals surface area contributed by atoms with E-state index in [4.69, 9.17) is 0 Å². The Hall–Kier alpha value is -0.760. The van der Waals surface area contributed by atoms with Gasteiger partial charge in [-0.15, -0.1) is 0 Å². The normalized spacial score (nSPS) is 20.5. The van der Waals surface area contributed by atoms with Gasteiger partial charge in [0.2, 0.25) is 5.91 Å². The second-order valence-corrected chi connectivity index (χ2v) is 8.19. The maximum absolute atomic E-state index is 13.2. The van der Waals surface area contributed by atoms with Gasteiger partial charge in [-0.2, -0.15) is 8.42 Å². The molecule has 136 valence electrons. The third-order valence-electron chi connectivity index (χ3n) is 4.32. The monoisotopic (exact) mass is 355 g/mol. The van der Waals surface area contributed by atoms with Crippen molar-refractivity contribution >= 4 is 16.0 Å². The summed E-state index contributed by atoms with van der Waals surface area (Å²) < 4.78 is 58.7. The first-order valence-electron chi connectivity index (χ1n) is 8.19. The van der Waals surface area contributed by atoms with Gasteiger partial charge in [0.1, 0.15) is 0 Å². The molecule has 0 saturated carbocycles. The smallest absolute Gasteiger partial charge is 0.267 e. The molecule has 1 rings (SSSR count). The van der Waals surface area contributed by atoms with E-state index in [2.05, 4.69) is 0 Å². The van der Waals surface area contributed by atoms with Gasteiger partial charge < -0.3 is 4.90 Å². The number of hydrogen-bond donors (Lipinski definition) is 1. The maximum Gasteiger partial charge on any atom is 0.267 e. The molecule has 0 bridgehead atoms. The van der Waals surface area contributed by atoms with Gasteiger partial charge >= 0.3 is 0 Å². The molecule has 0 aromatic carbocycles. The van der Waals surface area contributed by atoms with Crippen LogP contribution >= 0.6 is 0 Å². The Balaban J connectivity index is 2.59. The molecule has 2 atom stereocenters. The van der Waals surface area contributed by atoms with Gasteiger partial charge in [0.15, 0.2) is 0 Å². The molecule has 0 spiro atoms. The predicted octanol–water partition coefficient (Wildman–Crippen LogP) is 3.11. The number of carbonyl (C=O) groups excluding carboxylic acids is 1. The van der Waals surface area contributed by atoms with Crippen molar-refractivity contribution < 1.29 is 26.5 Å². The molecule has 1 fully saturated rings. The summed E-state index contributed by atoms with van der Waals surface area (Å²) in [5, 5.41) is -1.01. The molecule has 2 unspecified atom stereocenters. The quantitative estimate of drug-likeness (QED) is 0.509. The summed E-state index contributed by atoms with van der Waals surface area (Å²) in [6.07, 6.45) is 3.40. The van der Waals surface area contributed by atoms with E-state index in [1.165, 1.54) is 6.92 Å². The van der Waals surface area contributed by atoms with Gasteiger partial charge in [0, 0.05) is 18.9 Å². The van der Waals surface area contributed by atoms with E-state index in [1.807, 2.05) is 6.92 Å². The number of amides is 1. The Morgan fingerprint density at radius 2 is 1.96 bits per heavy atom. The second kappa shape index (κ2) is 8.37. The Kier molecular flexibility index (Phi) is 7.38. The van der Waals surface area contributed by atoms with E-state index in [9.17, 15) is 26.5 Å². The average molecular weight is 355 g/mol. The zero-order valence-electron chi connectivity index (χ0n) is 13.8. The molecule has 8 heteroatoms. The Morgan fingerprint density at radius 3 is 2.43 bits per heavy atom. The van der Waals surface area contributed by atoms with Crippen molar-refractivity contribution in [2.75, 3.05) is 13.1 Å². The van der Waals surface area contributed by atoms with Crippen molar-refractivity contribution in [3.05, 3.63) is 0 Å². The highest BCUT2D eigenvalue weighted by atomic mass is 32.2. The van der Waals surface area contributed by atoms with Crippen molar-refractivity contribution in [1.82, 2.24) is 4.90 Å². The van der Waals surface area contributed by atoms with E-state index < -0.39 is 39.7 Å². The molecular weight excluding hydrogens is 328 g/mol. The van der Waals surface area contributed by atoms with Crippen LogP contribution in [0.2, 0.25) is 0 Å². The standard InChI is InChI=1S/C15H27F2NO4S/c1-3-4-5-6-7-13(23(20,21)22)10-12(2)14(19)18-9-8-15(16,17)11-18/h12-13H,3-11H2,1-2H3,(H,20,21,22). The van der Waals surface area contributed by atoms with Gasteiger partial charge in [-0.3, -0.25) is 9.35 Å². The molecule has 0 aromatic heterocycles. The van der Waals surface area contributed by atoms with Crippen LogP contribution in [-0.2, 0) is 14.9 Å². The van der Waals surface area contributed by atoms with Crippen molar-refractivity contribution in [2.24, 2.45) is 5.92 Å². The summed E-state index contributed by atoms with van der Waals surface area (Å²) in [6, 6.07) is 0. The number of carbonyl (C=O) groups is 1. The fourth-order valence-corrected chi connectivity index (χ4v) is 3.91. The third-order valence-corrected chi connectivity index (χ3v) is 5.59.